The van der Waals surface area contributed by atoms with Gasteiger partial charge in [-0.2, -0.15) is 0 Å². The van der Waals surface area contributed by atoms with Gasteiger partial charge in [0.15, 0.2) is 0 Å². The number of hydrogen-bond donors (Lipinski definition) is 2. The van der Waals surface area contributed by atoms with E-state index in [2.05, 4.69) is 15.6 Å². The summed E-state index contributed by atoms with van der Waals surface area (Å²) in [5.74, 6) is 0.802. The minimum atomic E-state index is -0.295. The Bertz CT molecular complexity index is 1430. The van der Waals surface area contributed by atoms with Gasteiger partial charge in [-0.15, -0.1) is 11.8 Å². The first kappa shape index (κ1) is 22.5. The average Bonchev–Trinajstić information content (AvgIpc) is 3.56. The van der Waals surface area contributed by atoms with Crippen LogP contribution < -0.4 is 10.6 Å². The maximum atomic E-state index is 12.8. The molecular formula is C27H22N4O3S. The van der Waals surface area contributed by atoms with Crippen molar-refractivity contribution in [2.45, 2.75) is 17.2 Å². The predicted molar refractivity (Wildman–Crippen MR) is 135 cm³/mol. The number of para-hydroxylation sites is 1. The van der Waals surface area contributed by atoms with Gasteiger partial charge < -0.3 is 19.5 Å². The fourth-order valence-electron chi connectivity index (χ4n) is 3.58. The molecule has 0 unspecified atom stereocenters. The summed E-state index contributed by atoms with van der Waals surface area (Å²) >= 11 is 1.66. The quantitative estimate of drug-likeness (QED) is 0.289. The van der Waals surface area contributed by atoms with Gasteiger partial charge in [-0.25, -0.2) is 4.98 Å². The number of anilines is 1. The molecule has 35 heavy (non-hydrogen) atoms. The molecule has 174 valence electrons. The number of hydrogen-bond acceptors (Lipinski definition) is 5. The van der Waals surface area contributed by atoms with E-state index in [-0.39, 0.29) is 18.4 Å². The maximum Gasteiger partial charge on any atom is 0.255 e. The van der Waals surface area contributed by atoms with Gasteiger partial charge in [-0.3, -0.25) is 9.59 Å². The molecule has 5 aromatic rings. The zero-order valence-corrected chi connectivity index (χ0v) is 19.5. The third kappa shape index (κ3) is 5.44. The molecule has 2 amide bonds. The van der Waals surface area contributed by atoms with Crippen LogP contribution in [0.3, 0.4) is 0 Å². The monoisotopic (exact) mass is 482 g/mol. The Morgan fingerprint density at radius 1 is 0.914 bits per heavy atom. The molecule has 3 aromatic heterocycles. The smallest absolute Gasteiger partial charge is 0.255 e. The second-order valence-corrected chi connectivity index (χ2v) is 8.82. The molecule has 0 spiro atoms. The van der Waals surface area contributed by atoms with Crippen LogP contribution in [0.1, 0.15) is 32.2 Å². The highest BCUT2D eigenvalue weighted by molar-refractivity contribution is 7.98. The van der Waals surface area contributed by atoms with E-state index in [9.17, 15) is 9.59 Å². The summed E-state index contributed by atoms with van der Waals surface area (Å²) in [6.45, 7) is 0.266. The van der Waals surface area contributed by atoms with Gasteiger partial charge in [0.1, 0.15) is 11.4 Å². The summed E-state index contributed by atoms with van der Waals surface area (Å²) in [6, 6.07) is 23.8. The van der Waals surface area contributed by atoms with Crippen molar-refractivity contribution in [3.63, 3.8) is 0 Å². The molecule has 5 rings (SSSR count). The molecule has 2 aromatic carbocycles. The van der Waals surface area contributed by atoms with E-state index in [1.807, 2.05) is 47.1 Å². The van der Waals surface area contributed by atoms with E-state index in [4.69, 9.17) is 4.42 Å². The Labute approximate surface area is 206 Å². The van der Waals surface area contributed by atoms with E-state index >= 15 is 0 Å². The molecule has 0 saturated heterocycles. The number of nitrogens with zero attached hydrogens (tertiary/aromatic N) is 2. The lowest BCUT2D eigenvalue weighted by Gasteiger charge is -2.11. The molecule has 3 heterocycles. The van der Waals surface area contributed by atoms with E-state index in [0.717, 1.165) is 22.0 Å². The maximum absolute atomic E-state index is 12.8. The van der Waals surface area contributed by atoms with Gasteiger partial charge in [0.2, 0.25) is 0 Å². The zero-order valence-electron chi connectivity index (χ0n) is 18.7. The molecule has 0 atom stereocenters. The third-order valence-electron chi connectivity index (χ3n) is 5.34. The van der Waals surface area contributed by atoms with Crippen molar-refractivity contribution in [2.24, 2.45) is 0 Å². The minimum Gasteiger partial charge on any atom is -0.467 e. The first-order chi connectivity index (χ1) is 17.2. The fourth-order valence-corrected chi connectivity index (χ4v) is 4.36. The van der Waals surface area contributed by atoms with Crippen molar-refractivity contribution in [2.75, 3.05) is 5.32 Å². The number of aromatic nitrogens is 2. The second-order valence-electron chi connectivity index (χ2n) is 7.77. The third-order valence-corrected chi connectivity index (χ3v) is 6.39. The molecular weight excluding hydrogens is 460 g/mol. The summed E-state index contributed by atoms with van der Waals surface area (Å²) in [6.07, 6.45) is 5.55. The van der Waals surface area contributed by atoms with Crippen LogP contribution >= 0.6 is 11.8 Å². The van der Waals surface area contributed by atoms with Crippen molar-refractivity contribution >= 4 is 34.9 Å². The van der Waals surface area contributed by atoms with Crippen molar-refractivity contribution in [1.29, 1.82) is 0 Å². The number of furan rings is 1. The normalized spacial score (nSPS) is 10.9. The average molecular weight is 483 g/mol. The summed E-state index contributed by atoms with van der Waals surface area (Å²) in [5, 5.41) is 5.66. The molecule has 0 saturated carbocycles. The van der Waals surface area contributed by atoms with Gasteiger partial charge in [0, 0.05) is 28.6 Å². The van der Waals surface area contributed by atoms with Crippen LogP contribution in [-0.4, -0.2) is 21.2 Å². The Morgan fingerprint density at radius 2 is 1.74 bits per heavy atom. The molecule has 0 fully saturated rings. The van der Waals surface area contributed by atoms with Crippen LogP contribution in [0.4, 0.5) is 5.69 Å². The van der Waals surface area contributed by atoms with Crippen LogP contribution in [0.2, 0.25) is 0 Å². The molecule has 7 nitrogen and oxygen atoms in total. The van der Waals surface area contributed by atoms with Gasteiger partial charge in [-0.1, -0.05) is 18.2 Å². The Balaban J connectivity index is 1.20. The second kappa shape index (κ2) is 10.3. The summed E-state index contributed by atoms with van der Waals surface area (Å²) in [4.78, 5) is 31.2. The minimum absolute atomic E-state index is 0.266. The summed E-state index contributed by atoms with van der Waals surface area (Å²) < 4.78 is 7.25. The van der Waals surface area contributed by atoms with Gasteiger partial charge in [-0.05, 0) is 60.7 Å². The van der Waals surface area contributed by atoms with E-state index in [1.54, 1.807) is 66.6 Å². The number of benzene rings is 2. The van der Waals surface area contributed by atoms with Crippen molar-refractivity contribution in [1.82, 2.24) is 14.7 Å². The Morgan fingerprint density at radius 3 is 2.54 bits per heavy atom. The standard InChI is InChI=1S/C27H22N4O3S/c32-26(30-24-8-2-1-7-23(24)27(33)28-16-21-6-5-15-34-21)19-10-12-22(13-11-19)35-18-20-17-31-14-4-3-9-25(31)29-20/h1-15,17H,16,18H2,(H,28,33)(H,30,32). The van der Waals surface area contributed by atoms with Crippen molar-refractivity contribution in [3.05, 3.63) is 120 Å². The lowest BCUT2D eigenvalue weighted by atomic mass is 10.1. The van der Waals surface area contributed by atoms with E-state index < -0.39 is 0 Å². The van der Waals surface area contributed by atoms with E-state index in [1.165, 1.54) is 0 Å². The first-order valence-corrected chi connectivity index (χ1v) is 12.0. The zero-order chi connectivity index (χ0) is 24.0. The summed E-state index contributed by atoms with van der Waals surface area (Å²) in [7, 11) is 0. The number of rotatable bonds is 8. The first-order valence-electron chi connectivity index (χ1n) is 11.0. The fraction of sp³-hybridized carbons (Fsp3) is 0.0741. The summed E-state index contributed by atoms with van der Waals surface area (Å²) in [5.41, 5.74) is 3.25. The molecule has 0 aliphatic carbocycles. The Kier molecular flexibility index (Phi) is 6.63. The predicted octanol–water partition coefficient (Wildman–Crippen LogP) is 5.40. The molecule has 0 bridgehead atoms. The van der Waals surface area contributed by atoms with Gasteiger partial charge >= 0.3 is 0 Å². The SMILES string of the molecule is O=C(Nc1ccccc1C(=O)NCc1ccco1)c1ccc(SCc2cn3ccccc3n2)cc1. The van der Waals surface area contributed by atoms with Crippen molar-refractivity contribution in [3.8, 4) is 0 Å². The van der Waals surface area contributed by atoms with Crippen LogP contribution in [0, 0.1) is 0 Å². The molecule has 0 aliphatic heterocycles. The van der Waals surface area contributed by atoms with Crippen LogP contribution in [0.25, 0.3) is 5.65 Å². The number of carbonyl (C=O) groups excluding carboxylic acids is 2. The van der Waals surface area contributed by atoms with Crippen LogP contribution in [0.5, 0.6) is 0 Å². The van der Waals surface area contributed by atoms with Crippen molar-refractivity contribution < 1.29 is 14.0 Å². The number of carbonyl (C=O) groups is 2. The van der Waals surface area contributed by atoms with Gasteiger partial charge in [0.05, 0.1) is 29.8 Å². The number of amides is 2. The highest BCUT2D eigenvalue weighted by Crippen LogP contribution is 2.24. The molecule has 8 heteroatoms. The highest BCUT2D eigenvalue weighted by atomic mass is 32.2. The topological polar surface area (TPSA) is 88.6 Å². The number of nitrogens with one attached hydrogen (secondary N) is 2. The number of pyridine rings is 1. The van der Waals surface area contributed by atoms with Gasteiger partial charge in [0.25, 0.3) is 11.8 Å². The lowest BCUT2D eigenvalue weighted by molar-refractivity contribution is 0.0949. The molecule has 2 N–H and O–H groups in total. The highest BCUT2D eigenvalue weighted by Gasteiger charge is 2.14. The number of thioether (sulfide) groups is 1. The number of fused-ring (bicyclic) bond motifs is 1. The molecule has 0 radical (unpaired) electrons. The van der Waals surface area contributed by atoms with E-state index in [0.29, 0.717) is 22.6 Å². The molecule has 0 aliphatic rings. The number of imidazole rings is 1. The van der Waals surface area contributed by atoms with Crippen LogP contribution in [-0.2, 0) is 12.3 Å². The van der Waals surface area contributed by atoms with Crippen LogP contribution in [0.15, 0.2) is 107 Å². The lowest BCUT2D eigenvalue weighted by Crippen LogP contribution is -2.24. The largest absolute Gasteiger partial charge is 0.467 e. The Hall–Kier alpha value is -4.30.